The normalized spacial score (nSPS) is 16.3. The third-order valence-corrected chi connectivity index (χ3v) is 5.93. The smallest absolute Gasteiger partial charge is 0.277 e. The third kappa shape index (κ3) is 4.38. The number of amides is 2. The SMILES string of the molecule is O=C(NC1CCCC1)c1ccc(NC(=O)c2nc(-c3ccccc3)oc2C2CC2)cc1. The molecule has 2 amide bonds. The Kier molecular flexibility index (Phi) is 5.28. The lowest BCUT2D eigenvalue weighted by atomic mass is 10.1. The van der Waals surface area contributed by atoms with Gasteiger partial charge in [-0.15, -0.1) is 0 Å². The summed E-state index contributed by atoms with van der Waals surface area (Å²) in [5, 5.41) is 5.97. The second-order valence-corrected chi connectivity index (χ2v) is 8.36. The van der Waals surface area contributed by atoms with E-state index in [9.17, 15) is 9.59 Å². The predicted molar refractivity (Wildman–Crippen MR) is 118 cm³/mol. The van der Waals surface area contributed by atoms with Crippen molar-refractivity contribution in [1.29, 1.82) is 0 Å². The topological polar surface area (TPSA) is 84.2 Å². The summed E-state index contributed by atoms with van der Waals surface area (Å²) >= 11 is 0. The Bertz CT molecular complexity index is 1080. The highest BCUT2D eigenvalue weighted by Crippen LogP contribution is 2.43. The molecule has 3 aromatic rings. The zero-order valence-corrected chi connectivity index (χ0v) is 17.3. The van der Waals surface area contributed by atoms with Crippen molar-refractivity contribution in [1.82, 2.24) is 10.3 Å². The number of carbonyl (C=O) groups is 2. The van der Waals surface area contributed by atoms with Gasteiger partial charge >= 0.3 is 0 Å². The lowest BCUT2D eigenvalue weighted by molar-refractivity contribution is 0.0937. The van der Waals surface area contributed by atoms with Gasteiger partial charge in [-0.2, -0.15) is 0 Å². The lowest BCUT2D eigenvalue weighted by Crippen LogP contribution is -2.32. The maximum Gasteiger partial charge on any atom is 0.277 e. The maximum absolute atomic E-state index is 12.9. The molecule has 2 fully saturated rings. The standard InChI is InChI=1S/C25H25N3O3/c29-23(26-19-8-4-5-9-19)17-12-14-20(15-13-17)27-24(30)21-22(16-10-11-16)31-25(28-21)18-6-2-1-3-7-18/h1-3,6-7,12-16,19H,4-5,8-11H2,(H,26,29)(H,27,30). The van der Waals surface area contributed by atoms with Gasteiger partial charge in [0.15, 0.2) is 5.69 Å². The third-order valence-electron chi connectivity index (χ3n) is 5.93. The monoisotopic (exact) mass is 415 g/mol. The Hall–Kier alpha value is -3.41. The van der Waals surface area contributed by atoms with Crippen LogP contribution in [-0.4, -0.2) is 22.8 Å². The molecule has 0 unspecified atom stereocenters. The Morgan fingerprint density at radius 2 is 1.58 bits per heavy atom. The van der Waals surface area contributed by atoms with Crippen molar-refractivity contribution in [2.75, 3.05) is 5.32 Å². The van der Waals surface area contributed by atoms with Crippen LogP contribution in [-0.2, 0) is 0 Å². The summed E-state index contributed by atoms with van der Waals surface area (Å²) in [6, 6.07) is 16.8. The van der Waals surface area contributed by atoms with Crippen molar-refractivity contribution in [2.24, 2.45) is 0 Å². The number of carbonyl (C=O) groups excluding carboxylic acids is 2. The molecule has 2 aliphatic carbocycles. The van der Waals surface area contributed by atoms with Crippen LogP contribution in [0.25, 0.3) is 11.5 Å². The van der Waals surface area contributed by atoms with Crippen molar-refractivity contribution in [3.05, 3.63) is 71.6 Å². The molecule has 0 radical (unpaired) electrons. The Morgan fingerprint density at radius 3 is 2.26 bits per heavy atom. The number of benzene rings is 2. The first-order chi connectivity index (χ1) is 15.2. The van der Waals surface area contributed by atoms with Gasteiger partial charge in [-0.25, -0.2) is 4.98 Å². The molecule has 0 saturated heterocycles. The van der Waals surface area contributed by atoms with E-state index in [-0.39, 0.29) is 23.8 Å². The van der Waals surface area contributed by atoms with Crippen LogP contribution in [0.1, 0.15) is 71.0 Å². The highest BCUT2D eigenvalue weighted by atomic mass is 16.4. The van der Waals surface area contributed by atoms with E-state index in [0.29, 0.717) is 28.6 Å². The zero-order chi connectivity index (χ0) is 21.2. The molecular weight excluding hydrogens is 390 g/mol. The first kappa shape index (κ1) is 19.5. The van der Waals surface area contributed by atoms with E-state index in [1.807, 2.05) is 30.3 Å². The average molecular weight is 415 g/mol. The minimum atomic E-state index is -0.295. The van der Waals surface area contributed by atoms with E-state index in [2.05, 4.69) is 15.6 Å². The molecule has 2 N–H and O–H groups in total. The van der Waals surface area contributed by atoms with Crippen molar-refractivity contribution in [2.45, 2.75) is 50.5 Å². The Morgan fingerprint density at radius 1 is 0.871 bits per heavy atom. The molecule has 2 aromatic carbocycles. The number of rotatable bonds is 6. The van der Waals surface area contributed by atoms with Crippen LogP contribution < -0.4 is 10.6 Å². The molecule has 0 bridgehead atoms. The molecule has 0 spiro atoms. The number of aromatic nitrogens is 1. The summed E-state index contributed by atoms with van der Waals surface area (Å²) in [6.07, 6.45) is 6.46. The molecule has 6 nitrogen and oxygen atoms in total. The summed E-state index contributed by atoms with van der Waals surface area (Å²) in [5.41, 5.74) is 2.40. The van der Waals surface area contributed by atoms with Gasteiger partial charge in [0.05, 0.1) is 0 Å². The van der Waals surface area contributed by atoms with Crippen LogP contribution in [0, 0.1) is 0 Å². The molecule has 1 heterocycles. The first-order valence-corrected chi connectivity index (χ1v) is 11.0. The number of hydrogen-bond acceptors (Lipinski definition) is 4. The molecule has 6 heteroatoms. The Labute approximate surface area is 181 Å². The van der Waals surface area contributed by atoms with Crippen LogP contribution in [0.4, 0.5) is 5.69 Å². The highest BCUT2D eigenvalue weighted by Gasteiger charge is 2.34. The van der Waals surface area contributed by atoms with Crippen LogP contribution in [0.3, 0.4) is 0 Å². The first-order valence-electron chi connectivity index (χ1n) is 11.0. The van der Waals surface area contributed by atoms with Gasteiger partial charge in [0.25, 0.3) is 11.8 Å². The minimum Gasteiger partial charge on any atom is -0.440 e. The molecule has 31 heavy (non-hydrogen) atoms. The van der Waals surface area contributed by atoms with E-state index in [1.54, 1.807) is 24.3 Å². The summed E-state index contributed by atoms with van der Waals surface area (Å²) in [7, 11) is 0. The number of nitrogens with one attached hydrogen (secondary N) is 2. The van der Waals surface area contributed by atoms with Gasteiger partial charge in [0, 0.05) is 28.8 Å². The van der Waals surface area contributed by atoms with Gasteiger partial charge < -0.3 is 15.1 Å². The number of nitrogens with zero attached hydrogens (tertiary/aromatic N) is 1. The summed E-state index contributed by atoms with van der Waals surface area (Å²) < 4.78 is 5.97. The highest BCUT2D eigenvalue weighted by molar-refractivity contribution is 6.04. The van der Waals surface area contributed by atoms with E-state index in [0.717, 1.165) is 31.2 Å². The van der Waals surface area contributed by atoms with Gasteiger partial charge in [-0.1, -0.05) is 31.0 Å². The molecule has 5 rings (SSSR count). The fourth-order valence-corrected chi connectivity index (χ4v) is 4.06. The van der Waals surface area contributed by atoms with Crippen LogP contribution >= 0.6 is 0 Å². The van der Waals surface area contributed by atoms with E-state index in [1.165, 1.54) is 12.8 Å². The number of hydrogen-bond donors (Lipinski definition) is 2. The van der Waals surface area contributed by atoms with E-state index >= 15 is 0 Å². The van der Waals surface area contributed by atoms with E-state index < -0.39 is 0 Å². The maximum atomic E-state index is 12.9. The average Bonchev–Trinajstić information content (AvgIpc) is 3.32. The molecule has 0 atom stereocenters. The van der Waals surface area contributed by atoms with Crippen LogP contribution in [0.5, 0.6) is 0 Å². The Balaban J connectivity index is 1.30. The second kappa shape index (κ2) is 8.38. The van der Waals surface area contributed by atoms with Crippen molar-refractivity contribution >= 4 is 17.5 Å². The molecule has 2 saturated carbocycles. The summed E-state index contributed by atoms with van der Waals surface area (Å²) in [6.45, 7) is 0. The van der Waals surface area contributed by atoms with Crippen molar-refractivity contribution in [3.63, 3.8) is 0 Å². The second-order valence-electron chi connectivity index (χ2n) is 8.36. The quantitative estimate of drug-likeness (QED) is 0.584. The van der Waals surface area contributed by atoms with E-state index in [4.69, 9.17) is 4.42 Å². The predicted octanol–water partition coefficient (Wildman–Crippen LogP) is 5.14. The molecule has 0 aliphatic heterocycles. The molecular formula is C25H25N3O3. The fraction of sp³-hybridized carbons (Fsp3) is 0.320. The van der Waals surface area contributed by atoms with Gasteiger partial charge in [-0.05, 0) is 62.1 Å². The van der Waals surface area contributed by atoms with Crippen LogP contribution in [0.15, 0.2) is 59.0 Å². The summed E-state index contributed by atoms with van der Waals surface area (Å²) in [5.74, 6) is 1.02. The van der Waals surface area contributed by atoms with Crippen molar-refractivity contribution < 1.29 is 14.0 Å². The molecule has 1 aromatic heterocycles. The fourth-order valence-electron chi connectivity index (χ4n) is 4.06. The summed E-state index contributed by atoms with van der Waals surface area (Å²) in [4.78, 5) is 29.8. The van der Waals surface area contributed by atoms with Crippen LogP contribution in [0.2, 0.25) is 0 Å². The van der Waals surface area contributed by atoms with Crippen molar-refractivity contribution in [3.8, 4) is 11.5 Å². The number of oxazole rings is 1. The van der Waals surface area contributed by atoms with Gasteiger partial charge in [0.1, 0.15) is 5.76 Å². The zero-order valence-electron chi connectivity index (χ0n) is 17.3. The molecule has 158 valence electrons. The number of anilines is 1. The van der Waals surface area contributed by atoms with Gasteiger partial charge in [-0.3, -0.25) is 9.59 Å². The lowest BCUT2D eigenvalue weighted by Gasteiger charge is -2.12. The largest absolute Gasteiger partial charge is 0.440 e. The minimum absolute atomic E-state index is 0.0650. The molecule has 2 aliphatic rings. The van der Waals surface area contributed by atoms with Gasteiger partial charge in [0.2, 0.25) is 5.89 Å².